The van der Waals surface area contributed by atoms with E-state index in [-0.39, 0.29) is 36.1 Å². The zero-order chi connectivity index (χ0) is 16.5. The second-order valence-corrected chi connectivity index (χ2v) is 7.23. The van der Waals surface area contributed by atoms with Gasteiger partial charge in [0.25, 0.3) is 0 Å². The van der Waals surface area contributed by atoms with Crippen LogP contribution in [0.15, 0.2) is 30.3 Å². The van der Waals surface area contributed by atoms with Crippen LogP contribution in [0.1, 0.15) is 58.4 Å². The lowest BCUT2D eigenvalue weighted by Crippen LogP contribution is -2.36. The first-order chi connectivity index (χ1) is 10.2. The minimum atomic E-state index is -0.725. The van der Waals surface area contributed by atoms with E-state index >= 15 is 0 Å². The van der Waals surface area contributed by atoms with Crippen LogP contribution in [0, 0.1) is 10.8 Å². The Bertz CT molecular complexity index is 604. The van der Waals surface area contributed by atoms with Crippen LogP contribution in [0.4, 0.5) is 0 Å². The van der Waals surface area contributed by atoms with Crippen LogP contribution in [0.2, 0.25) is 0 Å². The average Bonchev–Trinajstić information content (AvgIpc) is 2.60. The third-order valence-electron chi connectivity index (χ3n) is 4.95. The molecule has 2 rings (SSSR count). The highest BCUT2D eigenvalue weighted by molar-refractivity contribution is 5.99. The summed E-state index contributed by atoms with van der Waals surface area (Å²) in [5.74, 6) is 0.0762. The molecule has 0 amide bonds. The normalized spacial score (nSPS) is 31.3. The van der Waals surface area contributed by atoms with E-state index < -0.39 is 10.8 Å². The third kappa shape index (κ3) is 2.90. The lowest BCUT2D eigenvalue weighted by molar-refractivity contribution is -0.138. The van der Waals surface area contributed by atoms with Gasteiger partial charge >= 0.3 is 0 Å². The second kappa shape index (κ2) is 5.79. The molecule has 0 bridgehead atoms. The van der Waals surface area contributed by atoms with Gasteiger partial charge in [0, 0.05) is 23.7 Å². The van der Waals surface area contributed by atoms with Gasteiger partial charge in [0.05, 0.1) is 0 Å². The molecule has 3 nitrogen and oxygen atoms in total. The van der Waals surface area contributed by atoms with Crippen LogP contribution in [0.25, 0.3) is 0 Å². The Morgan fingerprint density at radius 1 is 1.05 bits per heavy atom. The lowest BCUT2D eigenvalue weighted by Gasteiger charge is -2.30. The van der Waals surface area contributed by atoms with Gasteiger partial charge in [-0.05, 0) is 31.7 Å². The molecule has 0 aliphatic heterocycles. The molecule has 1 saturated carbocycles. The minimum Gasteiger partial charge on any atom is -0.300 e. The van der Waals surface area contributed by atoms with Crippen molar-refractivity contribution in [3.8, 4) is 0 Å². The van der Waals surface area contributed by atoms with Gasteiger partial charge in [-0.2, -0.15) is 0 Å². The van der Waals surface area contributed by atoms with E-state index in [2.05, 4.69) is 0 Å². The van der Waals surface area contributed by atoms with Crippen LogP contribution in [0.5, 0.6) is 0 Å². The molecule has 0 spiro atoms. The summed E-state index contributed by atoms with van der Waals surface area (Å²) in [6, 6.07) is 9.87. The van der Waals surface area contributed by atoms with E-state index in [1.807, 2.05) is 44.2 Å². The molecule has 1 aromatic rings. The van der Waals surface area contributed by atoms with Crippen molar-refractivity contribution < 1.29 is 14.4 Å². The number of benzene rings is 1. The molecule has 3 heteroatoms. The summed E-state index contributed by atoms with van der Waals surface area (Å²) < 4.78 is 0. The van der Waals surface area contributed by atoms with Gasteiger partial charge in [0.2, 0.25) is 0 Å². The summed E-state index contributed by atoms with van der Waals surface area (Å²) in [6.45, 7) is 6.82. The molecule has 118 valence electrons. The summed E-state index contributed by atoms with van der Waals surface area (Å²) in [7, 11) is 0. The molecule has 1 aromatic carbocycles. The highest BCUT2D eigenvalue weighted by Crippen LogP contribution is 2.57. The fourth-order valence-electron chi connectivity index (χ4n) is 4.21. The summed E-state index contributed by atoms with van der Waals surface area (Å²) in [5, 5.41) is 0. The van der Waals surface area contributed by atoms with E-state index in [1.54, 1.807) is 0 Å². The number of carbonyl (C=O) groups is 3. The number of Topliss-reactive ketones (excluding diaryl/α,β-unsaturated/α-hetero) is 3. The standard InChI is InChI=1S/C19H24O3/c1-13(20)10-18(3)12-16(15-8-6-5-7-9-15)19(4,17(18)22)11-14(2)21/h5-9,16H,10-12H2,1-4H3/t16-,18+,19-/m0/s1. The van der Waals surface area contributed by atoms with Gasteiger partial charge in [-0.1, -0.05) is 44.2 Å². The molecule has 0 heterocycles. The van der Waals surface area contributed by atoms with Crippen LogP contribution < -0.4 is 0 Å². The first kappa shape index (κ1) is 16.6. The Morgan fingerprint density at radius 2 is 1.59 bits per heavy atom. The van der Waals surface area contributed by atoms with Crippen molar-refractivity contribution in [1.82, 2.24) is 0 Å². The Morgan fingerprint density at radius 3 is 2.09 bits per heavy atom. The number of hydrogen-bond donors (Lipinski definition) is 0. The summed E-state index contributed by atoms with van der Waals surface area (Å²) in [6.07, 6.45) is 1.11. The van der Waals surface area contributed by atoms with Crippen molar-refractivity contribution in [2.24, 2.45) is 10.8 Å². The maximum absolute atomic E-state index is 13.1. The molecule has 1 aliphatic carbocycles. The molecule has 0 unspecified atom stereocenters. The SMILES string of the molecule is CC(=O)C[C@]1(C)C[C@@H](c2ccccc2)[C@](C)(CC(C)=O)C1=O. The predicted octanol–water partition coefficient (Wildman–Crippen LogP) is 3.71. The minimum absolute atomic E-state index is 0.0175. The summed E-state index contributed by atoms with van der Waals surface area (Å²) >= 11 is 0. The number of ketones is 3. The maximum Gasteiger partial charge on any atom is 0.146 e. The highest BCUT2D eigenvalue weighted by atomic mass is 16.1. The maximum atomic E-state index is 13.1. The molecule has 1 aliphatic rings. The average molecular weight is 300 g/mol. The lowest BCUT2D eigenvalue weighted by atomic mass is 9.71. The van der Waals surface area contributed by atoms with E-state index in [4.69, 9.17) is 0 Å². The smallest absolute Gasteiger partial charge is 0.146 e. The zero-order valence-electron chi connectivity index (χ0n) is 13.8. The van der Waals surface area contributed by atoms with Crippen molar-refractivity contribution in [2.75, 3.05) is 0 Å². The number of rotatable bonds is 5. The molecule has 3 atom stereocenters. The zero-order valence-corrected chi connectivity index (χ0v) is 13.8. The second-order valence-electron chi connectivity index (χ2n) is 7.23. The molecular weight excluding hydrogens is 276 g/mol. The van der Waals surface area contributed by atoms with Gasteiger partial charge in [0.1, 0.15) is 17.3 Å². The van der Waals surface area contributed by atoms with Crippen LogP contribution in [-0.2, 0) is 14.4 Å². The van der Waals surface area contributed by atoms with E-state index in [1.165, 1.54) is 13.8 Å². The van der Waals surface area contributed by atoms with E-state index in [9.17, 15) is 14.4 Å². The largest absolute Gasteiger partial charge is 0.300 e. The highest BCUT2D eigenvalue weighted by Gasteiger charge is 2.58. The fraction of sp³-hybridized carbons (Fsp3) is 0.526. The molecule has 0 N–H and O–H groups in total. The van der Waals surface area contributed by atoms with Gasteiger partial charge in [0.15, 0.2) is 0 Å². The van der Waals surface area contributed by atoms with Crippen molar-refractivity contribution in [3.05, 3.63) is 35.9 Å². The number of carbonyl (C=O) groups excluding carboxylic acids is 3. The van der Waals surface area contributed by atoms with Gasteiger partial charge in [-0.3, -0.25) is 14.4 Å². The first-order valence-electron chi connectivity index (χ1n) is 7.78. The van der Waals surface area contributed by atoms with E-state index in [0.29, 0.717) is 6.42 Å². The molecule has 0 saturated heterocycles. The Labute approximate surface area is 132 Å². The van der Waals surface area contributed by atoms with Gasteiger partial charge in [-0.15, -0.1) is 0 Å². The summed E-state index contributed by atoms with van der Waals surface area (Å²) in [4.78, 5) is 36.4. The number of hydrogen-bond acceptors (Lipinski definition) is 3. The van der Waals surface area contributed by atoms with Crippen molar-refractivity contribution >= 4 is 17.3 Å². The topological polar surface area (TPSA) is 51.2 Å². The monoisotopic (exact) mass is 300 g/mol. The third-order valence-corrected chi connectivity index (χ3v) is 4.95. The molecule has 1 fully saturated rings. The van der Waals surface area contributed by atoms with Crippen molar-refractivity contribution in [3.63, 3.8) is 0 Å². The van der Waals surface area contributed by atoms with E-state index in [0.717, 1.165) is 5.56 Å². The molecule has 0 radical (unpaired) electrons. The molecule has 0 aromatic heterocycles. The Balaban J connectivity index is 2.48. The van der Waals surface area contributed by atoms with Crippen molar-refractivity contribution in [1.29, 1.82) is 0 Å². The Hall–Kier alpha value is -1.77. The van der Waals surface area contributed by atoms with Crippen LogP contribution in [-0.4, -0.2) is 17.3 Å². The predicted molar refractivity (Wildman–Crippen MR) is 85.6 cm³/mol. The first-order valence-corrected chi connectivity index (χ1v) is 7.78. The van der Waals surface area contributed by atoms with Gasteiger partial charge in [-0.25, -0.2) is 0 Å². The summed E-state index contributed by atoms with van der Waals surface area (Å²) in [5.41, 5.74) is -0.319. The van der Waals surface area contributed by atoms with Crippen LogP contribution in [0.3, 0.4) is 0 Å². The van der Waals surface area contributed by atoms with Crippen LogP contribution >= 0.6 is 0 Å². The molecular formula is C19H24O3. The Kier molecular flexibility index (Phi) is 4.37. The fourth-order valence-corrected chi connectivity index (χ4v) is 4.21. The van der Waals surface area contributed by atoms with Gasteiger partial charge < -0.3 is 0 Å². The molecule has 22 heavy (non-hydrogen) atoms. The van der Waals surface area contributed by atoms with Crippen molar-refractivity contribution in [2.45, 2.75) is 52.9 Å². The quantitative estimate of drug-likeness (QED) is 0.833.